The molecule has 0 spiro atoms. The zero-order valence-corrected chi connectivity index (χ0v) is 20.4. The van der Waals surface area contributed by atoms with Crippen LogP contribution in [0.15, 0.2) is 41.1 Å². The van der Waals surface area contributed by atoms with Crippen molar-refractivity contribution >= 4 is 38.3 Å². The largest absolute Gasteiger partial charge is 0.493 e. The number of nitrogens with zero attached hydrogens (tertiary/aromatic N) is 3. The van der Waals surface area contributed by atoms with Crippen molar-refractivity contribution in [3.63, 3.8) is 0 Å². The van der Waals surface area contributed by atoms with Gasteiger partial charge in [-0.3, -0.25) is 4.90 Å². The van der Waals surface area contributed by atoms with Crippen LogP contribution in [0.3, 0.4) is 0 Å². The van der Waals surface area contributed by atoms with Crippen molar-refractivity contribution in [3.8, 4) is 11.5 Å². The molecule has 0 fully saturated rings. The minimum absolute atomic E-state index is 0.0593. The fraction of sp³-hybridized carbons (Fsp3) is 0.391. The smallest absolute Gasteiger partial charge is 0.163 e. The molecule has 1 aromatic heterocycles. The maximum atomic E-state index is 14.3. The number of benzene rings is 2. The summed E-state index contributed by atoms with van der Waals surface area (Å²) in [5, 5.41) is 14.0. The molecule has 0 bridgehead atoms. The number of hydrogen-bond acceptors (Lipinski definition) is 7. The van der Waals surface area contributed by atoms with Crippen LogP contribution in [0.2, 0.25) is 0 Å². The van der Waals surface area contributed by atoms with E-state index in [2.05, 4.69) is 56.9 Å². The molecule has 3 aromatic rings. The van der Waals surface area contributed by atoms with E-state index in [0.29, 0.717) is 44.9 Å². The monoisotopic (exact) mass is 506 g/mol. The van der Waals surface area contributed by atoms with Crippen LogP contribution >= 0.6 is 15.9 Å². The Hall–Kier alpha value is -2.49. The first-order valence-electron chi connectivity index (χ1n) is 10.2. The molecule has 1 unspecified atom stereocenters. The van der Waals surface area contributed by atoms with Crippen LogP contribution in [0, 0.1) is 5.82 Å². The molecule has 0 aliphatic heterocycles. The van der Waals surface area contributed by atoms with E-state index in [1.807, 2.05) is 7.05 Å². The van der Waals surface area contributed by atoms with Crippen molar-refractivity contribution in [2.45, 2.75) is 32.4 Å². The zero-order chi connectivity index (χ0) is 23.5. The Labute approximate surface area is 195 Å². The van der Waals surface area contributed by atoms with Gasteiger partial charge in [0.1, 0.15) is 30.7 Å². The Morgan fingerprint density at radius 1 is 1.19 bits per heavy atom. The second-order valence-electron chi connectivity index (χ2n) is 8.51. The molecule has 2 aromatic carbocycles. The van der Waals surface area contributed by atoms with Crippen molar-refractivity contribution < 1.29 is 19.0 Å². The fourth-order valence-corrected chi connectivity index (χ4v) is 3.32. The number of likely N-dealkylation sites (N-methyl/N-ethyl adjacent to an activating group) is 1. The number of aliphatic hydroxyl groups excluding tert-OH is 1. The molecule has 2 N–H and O–H groups in total. The molecule has 0 saturated carbocycles. The second kappa shape index (κ2) is 9.97. The van der Waals surface area contributed by atoms with E-state index in [1.165, 1.54) is 19.5 Å². The maximum absolute atomic E-state index is 14.3. The molecule has 0 aliphatic carbocycles. The lowest BCUT2D eigenvalue weighted by atomic mass is 10.1. The molecule has 32 heavy (non-hydrogen) atoms. The second-order valence-corrected chi connectivity index (χ2v) is 9.42. The van der Waals surface area contributed by atoms with Crippen LogP contribution in [0.25, 0.3) is 10.9 Å². The normalized spacial score (nSPS) is 12.8. The number of β-amino-alcohol motifs (C(OH)–C–C–N with tert-alkyl or cyclic N) is 1. The number of halogens is 2. The quantitative estimate of drug-likeness (QED) is 0.456. The van der Waals surface area contributed by atoms with Gasteiger partial charge in [-0.1, -0.05) is 15.9 Å². The summed E-state index contributed by atoms with van der Waals surface area (Å²) in [6.45, 7) is 6.81. The topological polar surface area (TPSA) is 79.7 Å². The zero-order valence-electron chi connectivity index (χ0n) is 18.8. The first-order chi connectivity index (χ1) is 15.1. The highest BCUT2D eigenvalue weighted by Crippen LogP contribution is 2.35. The molecule has 172 valence electrons. The minimum atomic E-state index is -0.678. The Bertz CT molecular complexity index is 1090. The highest BCUT2D eigenvalue weighted by atomic mass is 79.9. The lowest BCUT2D eigenvalue weighted by Gasteiger charge is -2.33. The average molecular weight is 507 g/mol. The van der Waals surface area contributed by atoms with Gasteiger partial charge in [0.25, 0.3) is 0 Å². The van der Waals surface area contributed by atoms with Gasteiger partial charge in [0, 0.05) is 28.0 Å². The Morgan fingerprint density at radius 3 is 2.59 bits per heavy atom. The van der Waals surface area contributed by atoms with Crippen LogP contribution in [0.5, 0.6) is 11.5 Å². The Balaban J connectivity index is 1.82. The molecule has 3 rings (SSSR count). The lowest BCUT2D eigenvalue weighted by Crippen LogP contribution is -2.44. The van der Waals surface area contributed by atoms with Crippen LogP contribution in [-0.4, -0.2) is 58.9 Å². The Kier molecular flexibility index (Phi) is 7.53. The minimum Gasteiger partial charge on any atom is -0.493 e. The van der Waals surface area contributed by atoms with E-state index in [0.717, 1.165) is 0 Å². The van der Waals surface area contributed by atoms with Gasteiger partial charge in [0.2, 0.25) is 0 Å². The van der Waals surface area contributed by atoms with E-state index in [9.17, 15) is 9.50 Å². The first-order valence-corrected chi connectivity index (χ1v) is 10.9. The molecule has 9 heteroatoms. The summed E-state index contributed by atoms with van der Waals surface area (Å²) in [6, 6.07) is 8.19. The molecule has 1 atom stereocenters. The Morgan fingerprint density at radius 2 is 1.94 bits per heavy atom. The van der Waals surface area contributed by atoms with Crippen molar-refractivity contribution in [2.75, 3.05) is 32.6 Å². The lowest BCUT2D eigenvalue weighted by molar-refractivity contribution is 0.0466. The number of rotatable bonds is 8. The highest BCUT2D eigenvalue weighted by molar-refractivity contribution is 9.10. The van der Waals surface area contributed by atoms with Crippen LogP contribution in [0.1, 0.15) is 20.8 Å². The molecule has 0 saturated heterocycles. The van der Waals surface area contributed by atoms with Gasteiger partial charge < -0.3 is 19.9 Å². The van der Waals surface area contributed by atoms with Gasteiger partial charge in [-0.15, -0.1) is 0 Å². The summed E-state index contributed by atoms with van der Waals surface area (Å²) in [5.74, 6) is 0.945. The third-order valence-corrected chi connectivity index (χ3v) is 5.66. The van der Waals surface area contributed by atoms with Crippen LogP contribution in [-0.2, 0) is 0 Å². The number of aromatic nitrogens is 2. The summed E-state index contributed by atoms with van der Waals surface area (Å²) >= 11 is 3.25. The van der Waals surface area contributed by atoms with Gasteiger partial charge in [-0.2, -0.15) is 0 Å². The maximum Gasteiger partial charge on any atom is 0.163 e. The van der Waals surface area contributed by atoms with E-state index in [1.54, 1.807) is 24.3 Å². The number of ether oxygens (including phenoxy) is 2. The summed E-state index contributed by atoms with van der Waals surface area (Å²) in [4.78, 5) is 10.6. The molecular weight excluding hydrogens is 479 g/mol. The summed E-state index contributed by atoms with van der Waals surface area (Å²) < 4.78 is 26.3. The fourth-order valence-electron chi connectivity index (χ4n) is 2.98. The number of anilines is 2. The van der Waals surface area contributed by atoms with Crippen molar-refractivity contribution in [2.24, 2.45) is 0 Å². The van der Waals surface area contributed by atoms with Gasteiger partial charge >= 0.3 is 0 Å². The van der Waals surface area contributed by atoms with Gasteiger partial charge in [-0.25, -0.2) is 14.4 Å². The van der Waals surface area contributed by atoms with Crippen molar-refractivity contribution in [1.29, 1.82) is 0 Å². The van der Waals surface area contributed by atoms with Crippen molar-refractivity contribution in [3.05, 3.63) is 46.9 Å². The van der Waals surface area contributed by atoms with Crippen molar-refractivity contribution in [1.82, 2.24) is 14.9 Å². The number of methoxy groups -OCH3 is 1. The predicted molar refractivity (Wildman–Crippen MR) is 127 cm³/mol. The SMILES string of the molecule is COc1cc2c(Nc3ccc(Br)cc3F)ncnc2cc1OCC(O)CN(C)C(C)(C)C. The molecule has 0 radical (unpaired) electrons. The molecule has 1 heterocycles. The summed E-state index contributed by atoms with van der Waals surface area (Å²) in [7, 11) is 3.49. The molecule has 7 nitrogen and oxygen atoms in total. The van der Waals surface area contributed by atoms with E-state index < -0.39 is 11.9 Å². The third-order valence-electron chi connectivity index (χ3n) is 5.17. The standard InChI is InChI=1S/C23H28BrFN4O3/c1-23(2,3)29(4)11-15(30)12-32-21-10-19-16(9-20(21)31-5)22(27-13-26-19)28-18-7-6-14(24)8-17(18)25/h6-10,13,15,30H,11-12H2,1-5H3,(H,26,27,28). The third kappa shape index (κ3) is 5.85. The molecular formula is C23H28BrFN4O3. The number of fused-ring (bicyclic) bond motifs is 1. The van der Waals surface area contributed by atoms with Gasteiger partial charge in [0.05, 0.1) is 18.3 Å². The van der Waals surface area contributed by atoms with E-state index in [4.69, 9.17) is 9.47 Å². The number of hydrogen-bond donors (Lipinski definition) is 2. The van der Waals surface area contributed by atoms with Crippen LogP contribution < -0.4 is 14.8 Å². The molecule has 0 amide bonds. The van der Waals surface area contributed by atoms with Gasteiger partial charge in [-0.05, 0) is 52.1 Å². The first kappa shape index (κ1) is 24.2. The highest BCUT2D eigenvalue weighted by Gasteiger charge is 2.21. The van der Waals surface area contributed by atoms with E-state index in [-0.39, 0.29) is 12.1 Å². The average Bonchev–Trinajstić information content (AvgIpc) is 2.73. The van der Waals surface area contributed by atoms with E-state index >= 15 is 0 Å². The summed E-state index contributed by atoms with van der Waals surface area (Å²) in [6.07, 6.45) is 0.716. The molecule has 0 aliphatic rings. The van der Waals surface area contributed by atoms with Crippen LogP contribution in [0.4, 0.5) is 15.9 Å². The number of nitrogens with one attached hydrogen (secondary N) is 1. The summed E-state index contributed by atoms with van der Waals surface area (Å²) in [5.41, 5.74) is 0.826. The van der Waals surface area contributed by atoms with Gasteiger partial charge in [0.15, 0.2) is 11.5 Å². The predicted octanol–water partition coefficient (Wildman–Crippen LogP) is 4.75. The number of aliphatic hydroxyl groups is 1.